The number of ether oxygens (including phenoxy) is 2. The Hall–Kier alpha value is -1.89. The zero-order valence-corrected chi connectivity index (χ0v) is 11.5. The molecule has 0 saturated heterocycles. The molecule has 6 nitrogen and oxygen atoms in total. The molecule has 1 heterocycles. The highest BCUT2D eigenvalue weighted by Gasteiger charge is 2.20. The molecule has 0 aromatic heterocycles. The van der Waals surface area contributed by atoms with Crippen LogP contribution in [0.3, 0.4) is 0 Å². The lowest BCUT2D eigenvalue weighted by Crippen LogP contribution is -2.41. The molecule has 0 fully saturated rings. The molecule has 20 heavy (non-hydrogen) atoms. The first-order valence-corrected chi connectivity index (χ1v) is 7.23. The molecular formula is C13H14NO5S-. The van der Waals surface area contributed by atoms with E-state index in [4.69, 9.17) is 9.47 Å². The van der Waals surface area contributed by atoms with Gasteiger partial charge in [-0.2, -0.15) is 0 Å². The molecule has 108 valence electrons. The number of nitrogens with one attached hydrogen (secondary N) is 1. The van der Waals surface area contributed by atoms with Crippen LogP contribution in [0.25, 0.3) is 0 Å². The Morgan fingerprint density at radius 3 is 2.80 bits per heavy atom. The summed E-state index contributed by atoms with van der Waals surface area (Å²) < 4.78 is 11.2. The van der Waals surface area contributed by atoms with Crippen LogP contribution in [0.15, 0.2) is 24.3 Å². The average molecular weight is 296 g/mol. The van der Waals surface area contributed by atoms with Gasteiger partial charge in [0.1, 0.15) is 12.7 Å². The normalized spacial score (nSPS) is 16.5. The van der Waals surface area contributed by atoms with Crippen LogP contribution in [0.2, 0.25) is 0 Å². The minimum absolute atomic E-state index is 0.0815. The summed E-state index contributed by atoms with van der Waals surface area (Å²) in [7, 11) is 0. The summed E-state index contributed by atoms with van der Waals surface area (Å²) in [5.41, 5.74) is 0. The van der Waals surface area contributed by atoms with Crippen molar-refractivity contribution in [3.63, 3.8) is 0 Å². The van der Waals surface area contributed by atoms with Gasteiger partial charge in [-0.1, -0.05) is 12.1 Å². The number of benzene rings is 1. The standard InChI is InChI=1S/C13H15NO5S/c15-12(7-20-8-13(16)17)14-5-9-6-18-10-3-1-2-4-11(10)19-9/h1-4,9H,5-8H2,(H,14,15)(H,16,17)/p-1/t9-/m0/s1. The summed E-state index contributed by atoms with van der Waals surface area (Å²) in [6.45, 7) is 0.683. The second kappa shape index (κ2) is 7.04. The van der Waals surface area contributed by atoms with Crippen molar-refractivity contribution in [2.45, 2.75) is 6.10 Å². The van der Waals surface area contributed by atoms with Crippen molar-refractivity contribution < 1.29 is 24.2 Å². The van der Waals surface area contributed by atoms with Crippen molar-refractivity contribution in [3.05, 3.63) is 24.3 Å². The van der Waals surface area contributed by atoms with E-state index in [2.05, 4.69) is 5.32 Å². The van der Waals surface area contributed by atoms with E-state index in [-0.39, 0.29) is 23.5 Å². The number of amides is 1. The number of thioether (sulfide) groups is 1. The molecule has 1 N–H and O–H groups in total. The molecule has 0 bridgehead atoms. The topological polar surface area (TPSA) is 87.7 Å². The van der Waals surface area contributed by atoms with Crippen molar-refractivity contribution >= 4 is 23.6 Å². The Bertz CT molecular complexity index is 493. The zero-order valence-electron chi connectivity index (χ0n) is 10.7. The Kier molecular flexibility index (Phi) is 5.11. The Morgan fingerprint density at radius 1 is 1.30 bits per heavy atom. The first-order chi connectivity index (χ1) is 9.65. The number of aliphatic carboxylic acids is 1. The lowest BCUT2D eigenvalue weighted by atomic mass is 10.2. The quantitative estimate of drug-likeness (QED) is 0.756. The Labute approximate surface area is 120 Å². The van der Waals surface area contributed by atoms with Crippen LogP contribution in [-0.2, 0) is 9.59 Å². The maximum absolute atomic E-state index is 11.5. The number of para-hydroxylation sites is 2. The Balaban J connectivity index is 1.70. The lowest BCUT2D eigenvalue weighted by Gasteiger charge is -2.26. The number of hydrogen-bond donors (Lipinski definition) is 1. The summed E-state index contributed by atoms with van der Waals surface area (Å²) in [5, 5.41) is 12.9. The molecule has 1 amide bonds. The summed E-state index contributed by atoms with van der Waals surface area (Å²) in [4.78, 5) is 21.7. The molecule has 1 aromatic rings. The molecule has 0 unspecified atom stereocenters. The van der Waals surface area contributed by atoms with Crippen molar-refractivity contribution in [1.82, 2.24) is 5.32 Å². The first kappa shape index (κ1) is 14.5. The van der Waals surface area contributed by atoms with Gasteiger partial charge in [-0.25, -0.2) is 0 Å². The van der Waals surface area contributed by atoms with Crippen LogP contribution in [0.1, 0.15) is 0 Å². The van der Waals surface area contributed by atoms with Crippen LogP contribution >= 0.6 is 11.8 Å². The Morgan fingerprint density at radius 2 is 2.05 bits per heavy atom. The SMILES string of the molecule is O=C([O-])CSCC(=O)NC[C@H]1COc2ccccc2O1. The maximum atomic E-state index is 11.5. The van der Waals surface area contributed by atoms with E-state index in [1.54, 1.807) is 6.07 Å². The van der Waals surface area contributed by atoms with Crippen molar-refractivity contribution in [2.75, 3.05) is 24.7 Å². The molecule has 1 aliphatic rings. The fourth-order valence-electron chi connectivity index (χ4n) is 1.67. The van der Waals surface area contributed by atoms with Crippen molar-refractivity contribution in [3.8, 4) is 11.5 Å². The lowest BCUT2D eigenvalue weighted by molar-refractivity contribution is -0.301. The number of fused-ring (bicyclic) bond motifs is 1. The minimum Gasteiger partial charge on any atom is -0.549 e. The van der Waals surface area contributed by atoms with Crippen LogP contribution in [0, 0.1) is 0 Å². The number of hydrogen-bond acceptors (Lipinski definition) is 6. The molecule has 1 aromatic carbocycles. The van der Waals surface area contributed by atoms with E-state index in [0.29, 0.717) is 24.7 Å². The summed E-state index contributed by atoms with van der Waals surface area (Å²) in [6, 6.07) is 7.33. The van der Waals surface area contributed by atoms with E-state index in [0.717, 1.165) is 11.8 Å². The highest BCUT2D eigenvalue weighted by Crippen LogP contribution is 2.30. The smallest absolute Gasteiger partial charge is 0.230 e. The maximum Gasteiger partial charge on any atom is 0.230 e. The predicted octanol–water partition coefficient (Wildman–Crippen LogP) is -0.574. The molecule has 0 radical (unpaired) electrons. The molecule has 0 spiro atoms. The van der Waals surface area contributed by atoms with Crippen LogP contribution in [0.4, 0.5) is 0 Å². The van der Waals surface area contributed by atoms with Crippen LogP contribution in [0.5, 0.6) is 11.5 Å². The molecule has 7 heteroatoms. The summed E-state index contributed by atoms with van der Waals surface area (Å²) >= 11 is 0.998. The van der Waals surface area contributed by atoms with E-state index in [1.165, 1.54) is 0 Å². The second-order valence-corrected chi connectivity index (χ2v) is 5.15. The van der Waals surface area contributed by atoms with Gasteiger partial charge in [0.25, 0.3) is 0 Å². The van der Waals surface area contributed by atoms with Gasteiger partial charge in [-0.15, -0.1) is 11.8 Å². The molecule has 1 aliphatic heterocycles. The van der Waals surface area contributed by atoms with Gasteiger partial charge in [-0.05, 0) is 12.1 Å². The summed E-state index contributed by atoms with van der Waals surface area (Å²) in [5.74, 6) is -0.173. The third-order valence-electron chi connectivity index (χ3n) is 2.55. The average Bonchev–Trinajstić information content (AvgIpc) is 2.44. The fraction of sp³-hybridized carbons (Fsp3) is 0.385. The highest BCUT2D eigenvalue weighted by molar-refractivity contribution is 8.00. The van der Waals surface area contributed by atoms with Gasteiger partial charge >= 0.3 is 0 Å². The van der Waals surface area contributed by atoms with Crippen molar-refractivity contribution in [2.24, 2.45) is 0 Å². The van der Waals surface area contributed by atoms with Crippen LogP contribution < -0.4 is 19.9 Å². The number of rotatable bonds is 6. The van der Waals surface area contributed by atoms with Gasteiger partial charge in [0, 0.05) is 5.75 Å². The minimum atomic E-state index is -1.18. The van der Waals surface area contributed by atoms with Gasteiger partial charge in [-0.3, -0.25) is 4.79 Å². The third-order valence-corrected chi connectivity index (χ3v) is 3.45. The number of carbonyl (C=O) groups is 2. The van der Waals surface area contributed by atoms with E-state index in [9.17, 15) is 14.7 Å². The van der Waals surface area contributed by atoms with Crippen molar-refractivity contribution in [1.29, 1.82) is 0 Å². The largest absolute Gasteiger partial charge is 0.549 e. The van der Waals surface area contributed by atoms with Gasteiger partial charge < -0.3 is 24.7 Å². The number of carboxylic acids is 1. The predicted molar refractivity (Wildman–Crippen MR) is 71.7 cm³/mol. The zero-order chi connectivity index (χ0) is 14.4. The van der Waals surface area contributed by atoms with E-state index >= 15 is 0 Å². The van der Waals surface area contributed by atoms with Gasteiger partial charge in [0.05, 0.1) is 18.3 Å². The molecule has 2 rings (SSSR count). The fourth-order valence-corrected chi connectivity index (χ4v) is 2.23. The van der Waals surface area contributed by atoms with E-state index < -0.39 is 5.97 Å². The number of carboxylic acid groups (broad SMARTS) is 1. The molecule has 0 saturated carbocycles. The van der Waals surface area contributed by atoms with Gasteiger partial charge in [0.2, 0.25) is 5.91 Å². The molecular weight excluding hydrogens is 282 g/mol. The molecule has 0 aliphatic carbocycles. The van der Waals surface area contributed by atoms with E-state index in [1.807, 2.05) is 18.2 Å². The third kappa shape index (κ3) is 4.34. The second-order valence-electron chi connectivity index (χ2n) is 4.17. The van der Waals surface area contributed by atoms with Gasteiger partial charge in [0.15, 0.2) is 11.5 Å². The summed E-state index contributed by atoms with van der Waals surface area (Å²) in [6.07, 6.45) is -0.250. The number of carbonyl (C=O) groups excluding carboxylic acids is 2. The monoisotopic (exact) mass is 296 g/mol. The van der Waals surface area contributed by atoms with Crippen LogP contribution in [-0.4, -0.2) is 42.6 Å². The first-order valence-electron chi connectivity index (χ1n) is 6.08. The highest BCUT2D eigenvalue weighted by atomic mass is 32.2. The molecule has 1 atom stereocenters.